The van der Waals surface area contributed by atoms with Gasteiger partial charge in [0.15, 0.2) is 0 Å². The number of hydrogen-bond donors (Lipinski definition) is 1. The normalized spacial score (nSPS) is 19.4. The molecular formula is C21H23N3O2. The Balaban J connectivity index is 2.00. The molecule has 1 N–H and O–H groups in total. The molecule has 0 bridgehead atoms. The molecule has 134 valence electrons. The Hall–Kier alpha value is -2.95. The number of amides is 2. The first-order valence-corrected chi connectivity index (χ1v) is 8.78. The molecule has 2 amide bonds. The first-order chi connectivity index (χ1) is 12.5. The highest BCUT2D eigenvalue weighted by atomic mass is 16.2. The molecule has 5 heteroatoms. The lowest BCUT2D eigenvalue weighted by atomic mass is 9.85. The molecule has 0 saturated carbocycles. The van der Waals surface area contributed by atoms with Crippen molar-refractivity contribution in [1.29, 1.82) is 0 Å². The van der Waals surface area contributed by atoms with Gasteiger partial charge in [0, 0.05) is 12.6 Å². The van der Waals surface area contributed by atoms with E-state index in [9.17, 15) is 9.59 Å². The van der Waals surface area contributed by atoms with Crippen LogP contribution in [0.5, 0.6) is 0 Å². The van der Waals surface area contributed by atoms with Crippen LogP contribution in [0.1, 0.15) is 32.4 Å². The zero-order chi connectivity index (χ0) is 18.7. The molecule has 2 atom stereocenters. The van der Waals surface area contributed by atoms with Gasteiger partial charge in [-0.1, -0.05) is 62.4 Å². The van der Waals surface area contributed by atoms with Crippen LogP contribution in [0.15, 0.2) is 65.8 Å². The number of anilines is 1. The monoisotopic (exact) mass is 349 g/mol. The van der Waals surface area contributed by atoms with Crippen LogP contribution in [0.2, 0.25) is 0 Å². The lowest BCUT2D eigenvalue weighted by Crippen LogP contribution is -2.37. The van der Waals surface area contributed by atoms with E-state index in [4.69, 9.17) is 0 Å². The standard InChI is InChI=1S/C21H23N3O2/c1-14(2)19-18(21(26)22-17-12-8-5-9-13-17)20(24(23-19)15(3)25)16-10-6-4-7-11-16/h4-14,18,20H,1-3H3,(H,22,26). The summed E-state index contributed by atoms with van der Waals surface area (Å²) in [6, 6.07) is 18.5. The molecule has 5 nitrogen and oxygen atoms in total. The minimum Gasteiger partial charge on any atom is -0.325 e. The Morgan fingerprint density at radius 1 is 1.00 bits per heavy atom. The number of para-hydroxylation sites is 1. The van der Waals surface area contributed by atoms with Crippen LogP contribution in [0.4, 0.5) is 5.69 Å². The van der Waals surface area contributed by atoms with Gasteiger partial charge in [0.1, 0.15) is 5.92 Å². The quantitative estimate of drug-likeness (QED) is 0.911. The third-order valence-corrected chi connectivity index (χ3v) is 4.50. The van der Waals surface area contributed by atoms with E-state index in [2.05, 4.69) is 10.4 Å². The summed E-state index contributed by atoms with van der Waals surface area (Å²) < 4.78 is 0. The number of rotatable bonds is 4. The molecule has 0 spiro atoms. The molecule has 2 unspecified atom stereocenters. The molecule has 0 aliphatic carbocycles. The number of carbonyl (C=O) groups excluding carboxylic acids is 2. The third-order valence-electron chi connectivity index (χ3n) is 4.50. The van der Waals surface area contributed by atoms with Gasteiger partial charge in [0.25, 0.3) is 0 Å². The van der Waals surface area contributed by atoms with Crippen molar-refractivity contribution in [3.63, 3.8) is 0 Å². The average Bonchev–Trinajstić information content (AvgIpc) is 3.04. The Bertz CT molecular complexity index is 816. The van der Waals surface area contributed by atoms with Crippen LogP contribution in [-0.2, 0) is 9.59 Å². The number of carbonyl (C=O) groups is 2. The summed E-state index contributed by atoms with van der Waals surface area (Å²) >= 11 is 0. The zero-order valence-corrected chi connectivity index (χ0v) is 15.2. The fourth-order valence-corrected chi connectivity index (χ4v) is 3.30. The van der Waals surface area contributed by atoms with Gasteiger partial charge in [-0.25, -0.2) is 5.01 Å². The van der Waals surface area contributed by atoms with Gasteiger partial charge in [-0.05, 0) is 23.6 Å². The van der Waals surface area contributed by atoms with Gasteiger partial charge in [-0.3, -0.25) is 9.59 Å². The van der Waals surface area contributed by atoms with E-state index in [1.54, 1.807) is 0 Å². The van der Waals surface area contributed by atoms with E-state index in [0.717, 1.165) is 17.0 Å². The number of nitrogens with one attached hydrogen (secondary N) is 1. The highest BCUT2D eigenvalue weighted by Crippen LogP contribution is 2.38. The predicted octanol–water partition coefficient (Wildman–Crippen LogP) is 3.86. The van der Waals surface area contributed by atoms with Crippen molar-refractivity contribution in [3.8, 4) is 0 Å². The van der Waals surface area contributed by atoms with Gasteiger partial charge in [-0.15, -0.1) is 0 Å². The second-order valence-corrected chi connectivity index (χ2v) is 6.73. The molecule has 1 heterocycles. The van der Waals surface area contributed by atoms with Crippen molar-refractivity contribution in [3.05, 3.63) is 66.2 Å². The van der Waals surface area contributed by atoms with Gasteiger partial charge < -0.3 is 5.32 Å². The third kappa shape index (κ3) is 3.52. The summed E-state index contributed by atoms with van der Waals surface area (Å²) in [4.78, 5) is 25.4. The van der Waals surface area contributed by atoms with Crippen molar-refractivity contribution >= 4 is 23.2 Å². The maximum atomic E-state index is 13.2. The Labute approximate surface area is 153 Å². The molecule has 0 radical (unpaired) electrons. The van der Waals surface area contributed by atoms with Gasteiger partial charge in [0.05, 0.1) is 11.8 Å². The van der Waals surface area contributed by atoms with Crippen LogP contribution < -0.4 is 5.32 Å². The SMILES string of the molecule is CC(=O)N1N=C(C(C)C)C(C(=O)Nc2ccccc2)C1c1ccccc1. The Kier molecular flexibility index (Phi) is 5.16. The van der Waals surface area contributed by atoms with Crippen LogP contribution in [0, 0.1) is 11.8 Å². The second-order valence-electron chi connectivity index (χ2n) is 6.73. The van der Waals surface area contributed by atoms with E-state index in [1.807, 2.05) is 74.5 Å². The molecular weight excluding hydrogens is 326 g/mol. The summed E-state index contributed by atoms with van der Waals surface area (Å²) in [7, 11) is 0. The van der Waals surface area contributed by atoms with Gasteiger partial charge in [0.2, 0.25) is 11.8 Å². The largest absolute Gasteiger partial charge is 0.325 e. The van der Waals surface area contributed by atoms with Crippen molar-refractivity contribution in [2.75, 3.05) is 5.32 Å². The molecule has 0 saturated heterocycles. The van der Waals surface area contributed by atoms with Crippen LogP contribution in [0.3, 0.4) is 0 Å². The molecule has 26 heavy (non-hydrogen) atoms. The number of nitrogens with zero attached hydrogens (tertiary/aromatic N) is 2. The Morgan fingerprint density at radius 3 is 2.12 bits per heavy atom. The number of hydrogen-bond acceptors (Lipinski definition) is 3. The summed E-state index contributed by atoms with van der Waals surface area (Å²) in [6.45, 7) is 5.47. The van der Waals surface area contributed by atoms with E-state index in [-0.39, 0.29) is 17.7 Å². The zero-order valence-electron chi connectivity index (χ0n) is 15.2. The van der Waals surface area contributed by atoms with Gasteiger partial charge in [-0.2, -0.15) is 5.10 Å². The van der Waals surface area contributed by atoms with Crippen LogP contribution in [0.25, 0.3) is 0 Å². The highest BCUT2D eigenvalue weighted by molar-refractivity contribution is 6.12. The van der Waals surface area contributed by atoms with Gasteiger partial charge >= 0.3 is 0 Å². The average molecular weight is 349 g/mol. The van der Waals surface area contributed by atoms with E-state index >= 15 is 0 Å². The summed E-state index contributed by atoms with van der Waals surface area (Å²) in [5, 5.41) is 8.94. The van der Waals surface area contributed by atoms with E-state index < -0.39 is 12.0 Å². The van der Waals surface area contributed by atoms with Crippen LogP contribution in [-0.4, -0.2) is 22.5 Å². The van der Waals surface area contributed by atoms with E-state index in [0.29, 0.717) is 0 Å². The highest BCUT2D eigenvalue weighted by Gasteiger charge is 2.45. The fraction of sp³-hybridized carbons (Fsp3) is 0.286. The minimum absolute atomic E-state index is 0.0529. The predicted molar refractivity (Wildman–Crippen MR) is 103 cm³/mol. The van der Waals surface area contributed by atoms with Crippen molar-refractivity contribution in [2.24, 2.45) is 16.9 Å². The molecule has 3 rings (SSSR count). The summed E-state index contributed by atoms with van der Waals surface area (Å²) in [5.41, 5.74) is 2.35. The second kappa shape index (κ2) is 7.52. The molecule has 2 aromatic carbocycles. The molecule has 0 fully saturated rings. The fourth-order valence-electron chi connectivity index (χ4n) is 3.30. The first kappa shape index (κ1) is 17.9. The number of benzene rings is 2. The number of hydrazone groups is 1. The lowest BCUT2D eigenvalue weighted by Gasteiger charge is -2.26. The van der Waals surface area contributed by atoms with Crippen LogP contribution >= 0.6 is 0 Å². The van der Waals surface area contributed by atoms with E-state index in [1.165, 1.54) is 11.9 Å². The maximum absolute atomic E-state index is 13.2. The summed E-state index contributed by atoms with van der Waals surface area (Å²) in [5.74, 6) is -0.799. The lowest BCUT2D eigenvalue weighted by molar-refractivity contribution is -0.132. The topological polar surface area (TPSA) is 61.8 Å². The molecule has 1 aliphatic rings. The minimum atomic E-state index is -0.526. The molecule has 2 aromatic rings. The Morgan fingerprint density at radius 2 is 1.58 bits per heavy atom. The van der Waals surface area contributed by atoms with Crippen molar-refractivity contribution in [1.82, 2.24) is 5.01 Å². The molecule has 1 aliphatic heterocycles. The smallest absolute Gasteiger partial charge is 0.240 e. The first-order valence-electron chi connectivity index (χ1n) is 8.78. The summed E-state index contributed by atoms with van der Waals surface area (Å²) in [6.07, 6.45) is 0. The van der Waals surface area contributed by atoms with Crippen molar-refractivity contribution in [2.45, 2.75) is 26.8 Å². The molecule has 0 aromatic heterocycles. The maximum Gasteiger partial charge on any atom is 0.240 e. The van der Waals surface area contributed by atoms with Crippen molar-refractivity contribution < 1.29 is 9.59 Å².